The average Bonchev–Trinajstić information content (AvgIpc) is 2.68. The second-order valence-electron chi connectivity index (χ2n) is 6.39. The summed E-state index contributed by atoms with van der Waals surface area (Å²) in [6.07, 6.45) is -24.0. The first-order chi connectivity index (χ1) is 14.7. The summed E-state index contributed by atoms with van der Waals surface area (Å²) in [4.78, 5) is 0. The van der Waals surface area contributed by atoms with Gasteiger partial charge in [0.1, 0.15) is 0 Å². The van der Waals surface area contributed by atoms with Gasteiger partial charge in [-0.1, -0.05) is 60.7 Å². The predicted octanol–water partition coefficient (Wildman–Crippen LogP) is 7.82. The van der Waals surface area contributed by atoms with E-state index in [9.17, 15) is 39.5 Å². The second-order valence-corrected chi connectivity index (χ2v) is 7.47. The van der Waals surface area contributed by atoms with Gasteiger partial charge in [0, 0.05) is 0 Å². The molecule has 3 nitrogen and oxygen atoms in total. The SMILES string of the molecule is CC(OP(OC(c1ccccc1)C(F)(F)F)OC(c1ccccc1)C(F)(F)F)C(F)(F)F. The van der Waals surface area contributed by atoms with Crippen LogP contribution in [0.4, 0.5) is 39.5 Å². The van der Waals surface area contributed by atoms with E-state index in [4.69, 9.17) is 0 Å². The van der Waals surface area contributed by atoms with Crippen LogP contribution < -0.4 is 0 Å². The molecule has 0 amide bonds. The van der Waals surface area contributed by atoms with E-state index in [-0.39, 0.29) is 0 Å². The minimum absolute atomic E-state index is 0.415. The molecule has 32 heavy (non-hydrogen) atoms. The maximum atomic E-state index is 13.6. The number of hydrogen-bond donors (Lipinski definition) is 0. The average molecular weight is 494 g/mol. The molecule has 0 radical (unpaired) electrons. The molecule has 0 saturated heterocycles. The van der Waals surface area contributed by atoms with Gasteiger partial charge in [-0.05, 0) is 18.1 Å². The number of benzene rings is 2. The first-order valence-electron chi connectivity index (χ1n) is 8.80. The van der Waals surface area contributed by atoms with Crippen LogP contribution in [0.15, 0.2) is 60.7 Å². The maximum absolute atomic E-state index is 13.6. The highest BCUT2D eigenvalue weighted by Gasteiger charge is 2.50. The largest absolute Gasteiger partial charge is 0.419 e. The summed E-state index contributed by atoms with van der Waals surface area (Å²) in [6, 6.07) is 11.3. The summed E-state index contributed by atoms with van der Waals surface area (Å²) in [5.41, 5.74) is -1.11. The Morgan fingerprint density at radius 2 is 0.906 bits per heavy atom. The Labute approximate surface area is 178 Å². The molecule has 3 unspecified atom stereocenters. The fourth-order valence-corrected chi connectivity index (χ4v) is 3.66. The fraction of sp³-hybridized carbons (Fsp3) is 0.368. The molecule has 0 aromatic heterocycles. The summed E-state index contributed by atoms with van der Waals surface area (Å²) < 4.78 is 134. The van der Waals surface area contributed by atoms with Gasteiger partial charge in [-0.15, -0.1) is 0 Å². The topological polar surface area (TPSA) is 27.7 Å². The van der Waals surface area contributed by atoms with Crippen molar-refractivity contribution < 1.29 is 53.1 Å². The standard InChI is InChI=1S/C19H16F9O3P/c1-12(17(20,21)22)29-32(30-15(18(23,24)25)13-8-4-2-5-9-13)31-16(19(26,27)28)14-10-6-3-7-11-14/h2-12,15-16H,1H3. The second kappa shape index (κ2) is 10.4. The molecule has 0 N–H and O–H groups in total. The lowest BCUT2D eigenvalue weighted by atomic mass is 10.1. The van der Waals surface area contributed by atoms with Crippen LogP contribution in [0.5, 0.6) is 0 Å². The fourth-order valence-electron chi connectivity index (χ4n) is 2.31. The van der Waals surface area contributed by atoms with Crippen molar-refractivity contribution in [2.75, 3.05) is 0 Å². The van der Waals surface area contributed by atoms with Crippen molar-refractivity contribution in [2.24, 2.45) is 0 Å². The van der Waals surface area contributed by atoms with E-state index in [2.05, 4.69) is 13.6 Å². The Balaban J connectivity index is 2.42. The van der Waals surface area contributed by atoms with Crippen LogP contribution in [0, 0.1) is 0 Å². The van der Waals surface area contributed by atoms with Crippen molar-refractivity contribution in [1.82, 2.24) is 0 Å². The van der Waals surface area contributed by atoms with Crippen molar-refractivity contribution in [2.45, 2.75) is 43.8 Å². The highest BCUT2D eigenvalue weighted by Crippen LogP contribution is 2.56. The lowest BCUT2D eigenvalue weighted by Crippen LogP contribution is -2.30. The number of alkyl halides is 9. The summed E-state index contributed by atoms with van der Waals surface area (Å²) in [5, 5.41) is 0. The van der Waals surface area contributed by atoms with Crippen molar-refractivity contribution in [3.8, 4) is 0 Å². The van der Waals surface area contributed by atoms with Gasteiger partial charge in [0.2, 0.25) is 0 Å². The summed E-state index contributed by atoms with van der Waals surface area (Å²) in [7, 11) is -3.78. The van der Waals surface area contributed by atoms with Crippen LogP contribution in [0.25, 0.3) is 0 Å². The molecule has 0 aliphatic rings. The van der Waals surface area contributed by atoms with E-state index in [1.165, 1.54) is 36.4 Å². The molecule has 2 rings (SSSR count). The highest BCUT2D eigenvalue weighted by molar-refractivity contribution is 7.41. The molecule has 0 bridgehead atoms. The van der Waals surface area contributed by atoms with Gasteiger partial charge in [0.05, 0.1) is 0 Å². The van der Waals surface area contributed by atoms with E-state index in [1.807, 2.05) is 0 Å². The zero-order valence-electron chi connectivity index (χ0n) is 16.1. The highest BCUT2D eigenvalue weighted by atomic mass is 31.2. The molecule has 0 heterocycles. The molecule has 0 fully saturated rings. The monoisotopic (exact) mass is 494 g/mol. The molecular weight excluding hydrogens is 478 g/mol. The third-order valence-corrected chi connectivity index (χ3v) is 5.14. The Kier molecular flexibility index (Phi) is 8.55. The minimum Gasteiger partial charge on any atom is -0.300 e. The van der Waals surface area contributed by atoms with E-state index in [1.54, 1.807) is 0 Å². The van der Waals surface area contributed by atoms with Crippen molar-refractivity contribution >= 4 is 8.60 Å². The maximum Gasteiger partial charge on any atom is 0.419 e. The lowest BCUT2D eigenvalue weighted by Gasteiger charge is -2.30. The number of hydrogen-bond acceptors (Lipinski definition) is 3. The zero-order valence-corrected chi connectivity index (χ0v) is 17.0. The van der Waals surface area contributed by atoms with Crippen LogP contribution >= 0.6 is 8.60 Å². The smallest absolute Gasteiger partial charge is 0.300 e. The quantitative estimate of drug-likeness (QED) is 0.277. The zero-order chi connectivity index (χ0) is 24.2. The minimum atomic E-state index is -5.18. The van der Waals surface area contributed by atoms with Crippen molar-refractivity contribution in [3.05, 3.63) is 71.8 Å². The van der Waals surface area contributed by atoms with E-state index in [0.29, 0.717) is 6.92 Å². The van der Waals surface area contributed by atoms with Crippen molar-refractivity contribution in [3.63, 3.8) is 0 Å². The van der Waals surface area contributed by atoms with Crippen molar-refractivity contribution in [1.29, 1.82) is 0 Å². The molecule has 0 saturated carbocycles. The van der Waals surface area contributed by atoms with Gasteiger partial charge in [0.25, 0.3) is 0 Å². The summed E-state index contributed by atoms with van der Waals surface area (Å²) in [5.74, 6) is 0. The van der Waals surface area contributed by atoms with Crippen LogP contribution in [0.2, 0.25) is 0 Å². The van der Waals surface area contributed by atoms with Crippen LogP contribution in [0.1, 0.15) is 30.3 Å². The number of halogens is 9. The van der Waals surface area contributed by atoms with E-state index in [0.717, 1.165) is 24.3 Å². The lowest BCUT2D eigenvalue weighted by molar-refractivity contribution is -0.224. The molecule has 0 aliphatic carbocycles. The Hall–Kier alpha value is -1.88. The predicted molar refractivity (Wildman–Crippen MR) is 96.2 cm³/mol. The van der Waals surface area contributed by atoms with Gasteiger partial charge < -0.3 is 0 Å². The van der Waals surface area contributed by atoms with E-state index < -0.39 is 56.6 Å². The number of rotatable bonds is 8. The third kappa shape index (κ3) is 7.61. The summed E-state index contributed by atoms with van der Waals surface area (Å²) >= 11 is 0. The Morgan fingerprint density at radius 3 is 1.19 bits per heavy atom. The first-order valence-corrected chi connectivity index (χ1v) is 9.89. The molecule has 0 spiro atoms. The van der Waals surface area contributed by atoms with Gasteiger partial charge in [-0.25, -0.2) is 0 Å². The van der Waals surface area contributed by atoms with Crippen LogP contribution in [-0.4, -0.2) is 24.6 Å². The molecule has 3 atom stereocenters. The molecule has 2 aromatic rings. The van der Waals surface area contributed by atoms with Gasteiger partial charge >= 0.3 is 27.1 Å². The van der Waals surface area contributed by atoms with Crippen LogP contribution in [-0.2, 0) is 13.6 Å². The molecule has 2 aromatic carbocycles. The van der Waals surface area contributed by atoms with Gasteiger partial charge in [-0.3, -0.25) is 13.6 Å². The van der Waals surface area contributed by atoms with E-state index >= 15 is 0 Å². The molecule has 13 heteroatoms. The first kappa shape index (κ1) is 26.4. The van der Waals surface area contributed by atoms with Gasteiger partial charge in [-0.2, -0.15) is 39.5 Å². The van der Waals surface area contributed by atoms with Crippen LogP contribution in [0.3, 0.4) is 0 Å². The molecule has 0 aliphatic heterocycles. The molecular formula is C19H16F9O3P. The summed E-state index contributed by atoms with van der Waals surface area (Å²) in [6.45, 7) is 0.415. The third-order valence-electron chi connectivity index (χ3n) is 3.89. The molecule has 178 valence electrons. The Bertz CT molecular complexity index is 766. The normalized spacial score (nSPS) is 16.9. The Morgan fingerprint density at radius 1 is 0.562 bits per heavy atom. The van der Waals surface area contributed by atoms with Gasteiger partial charge in [0.15, 0.2) is 18.3 Å².